The number of alkyl halides is 1. The second-order valence-electron chi connectivity index (χ2n) is 13.3. The molecular formula is C30H48BrN3O5. The number of carbonyl (C=O) groups excluding carboxylic acids is 3. The van der Waals surface area contributed by atoms with Crippen LogP contribution in [0.25, 0.3) is 0 Å². The Kier molecular flexibility index (Phi) is 9.81. The van der Waals surface area contributed by atoms with Gasteiger partial charge in [-0.05, 0) is 51.4 Å². The van der Waals surface area contributed by atoms with Crippen molar-refractivity contribution in [1.82, 2.24) is 14.7 Å². The summed E-state index contributed by atoms with van der Waals surface area (Å²) in [6, 6.07) is -0.837. The first-order chi connectivity index (χ1) is 18.2. The molecule has 3 rings (SSSR count). The van der Waals surface area contributed by atoms with E-state index in [-0.39, 0.29) is 34.6 Å². The topological polar surface area (TPSA) is 90.4 Å². The number of hydrogen-bond acceptors (Lipinski definition) is 5. The van der Waals surface area contributed by atoms with E-state index in [9.17, 15) is 19.5 Å². The monoisotopic (exact) mass is 609 g/mol. The maximum absolute atomic E-state index is 14.7. The fourth-order valence-corrected chi connectivity index (χ4v) is 8.29. The molecular weight excluding hydrogens is 562 g/mol. The van der Waals surface area contributed by atoms with Gasteiger partial charge in [-0.2, -0.15) is 0 Å². The van der Waals surface area contributed by atoms with Crippen LogP contribution in [-0.2, 0) is 19.1 Å². The van der Waals surface area contributed by atoms with Gasteiger partial charge in [0.1, 0.15) is 11.6 Å². The number of unbranched alkanes of at least 4 members (excludes halogenated alkanes) is 2. The highest BCUT2D eigenvalue weighted by Crippen LogP contribution is 2.60. The average Bonchev–Trinajstić information content (AvgIpc) is 3.41. The predicted molar refractivity (Wildman–Crippen MR) is 156 cm³/mol. The van der Waals surface area contributed by atoms with E-state index in [1.807, 2.05) is 4.90 Å². The molecule has 8 nitrogen and oxygen atoms in total. The SMILES string of the molecule is C=CCN(C)C(=O)[C@H]1[C@@H]2OC3(CC2Br)C(C(=O)N(CC=C)C(C)(C)CC(C)(C)C)N(CCCCCO)C(=O)[C@H]13. The smallest absolute Gasteiger partial charge is 0.249 e. The van der Waals surface area contributed by atoms with E-state index >= 15 is 0 Å². The Labute approximate surface area is 242 Å². The molecule has 0 aliphatic carbocycles. The van der Waals surface area contributed by atoms with Gasteiger partial charge in [0.2, 0.25) is 17.7 Å². The van der Waals surface area contributed by atoms with Crippen molar-refractivity contribution in [2.45, 2.75) is 94.8 Å². The van der Waals surface area contributed by atoms with Gasteiger partial charge in [0.25, 0.3) is 0 Å². The van der Waals surface area contributed by atoms with Gasteiger partial charge in [-0.3, -0.25) is 14.4 Å². The molecule has 0 aromatic heterocycles. The molecule has 3 saturated heterocycles. The standard InChI is InChI=1S/C30H48BrN3O5/c1-9-14-32(8)25(36)21-22-26(37)33(16-12-11-13-17-35)24(30(22)18-20(31)23(21)39-30)27(38)34(15-10-2)29(6,7)19-28(3,4)5/h9-10,20-24,35H,1-2,11-19H2,3-8H3/t20?,21-,22+,23-,24?,30?/m1/s1. The van der Waals surface area contributed by atoms with Crippen LogP contribution in [0.4, 0.5) is 0 Å². The van der Waals surface area contributed by atoms with E-state index in [2.05, 4.69) is 63.7 Å². The van der Waals surface area contributed by atoms with E-state index in [4.69, 9.17) is 4.74 Å². The van der Waals surface area contributed by atoms with Crippen molar-refractivity contribution in [2.75, 3.05) is 33.3 Å². The van der Waals surface area contributed by atoms with Gasteiger partial charge >= 0.3 is 0 Å². The lowest BCUT2D eigenvalue weighted by Crippen LogP contribution is -2.61. The third-order valence-corrected chi connectivity index (χ3v) is 9.26. The summed E-state index contributed by atoms with van der Waals surface area (Å²) in [6.45, 7) is 19.4. The van der Waals surface area contributed by atoms with E-state index in [1.165, 1.54) is 0 Å². The molecule has 6 atom stereocenters. The molecule has 39 heavy (non-hydrogen) atoms. The molecule has 220 valence electrons. The number of hydrogen-bond donors (Lipinski definition) is 1. The second kappa shape index (κ2) is 12.0. The van der Waals surface area contributed by atoms with Gasteiger partial charge in [-0.1, -0.05) is 48.9 Å². The first-order valence-electron chi connectivity index (χ1n) is 14.2. The minimum absolute atomic E-state index is 0.0317. The molecule has 0 saturated carbocycles. The van der Waals surface area contributed by atoms with Crippen LogP contribution in [0, 0.1) is 17.3 Å². The van der Waals surface area contributed by atoms with Crippen molar-refractivity contribution in [1.29, 1.82) is 0 Å². The van der Waals surface area contributed by atoms with Crippen LogP contribution in [0.2, 0.25) is 0 Å². The van der Waals surface area contributed by atoms with Crippen LogP contribution < -0.4 is 0 Å². The highest BCUT2D eigenvalue weighted by atomic mass is 79.9. The number of halogens is 1. The molecule has 1 spiro atoms. The van der Waals surface area contributed by atoms with Gasteiger partial charge in [0, 0.05) is 43.7 Å². The third kappa shape index (κ3) is 6.01. The number of likely N-dealkylation sites (N-methyl/N-ethyl adjacent to an activating group) is 1. The number of rotatable bonds is 13. The Balaban J connectivity index is 2.08. The van der Waals surface area contributed by atoms with Gasteiger partial charge in [0.05, 0.1) is 17.9 Å². The van der Waals surface area contributed by atoms with E-state index < -0.39 is 35.1 Å². The lowest BCUT2D eigenvalue weighted by Gasteiger charge is -2.45. The summed E-state index contributed by atoms with van der Waals surface area (Å²) in [5.74, 6) is -1.90. The summed E-state index contributed by atoms with van der Waals surface area (Å²) in [5.41, 5.74) is -1.62. The first-order valence-corrected chi connectivity index (χ1v) is 15.1. The van der Waals surface area contributed by atoms with Crippen molar-refractivity contribution in [3.8, 4) is 0 Å². The molecule has 9 heteroatoms. The highest BCUT2D eigenvalue weighted by Gasteiger charge is 2.77. The predicted octanol–water partition coefficient (Wildman–Crippen LogP) is 3.77. The largest absolute Gasteiger partial charge is 0.396 e. The fourth-order valence-electron chi connectivity index (χ4n) is 7.35. The highest BCUT2D eigenvalue weighted by molar-refractivity contribution is 9.09. The zero-order valence-electron chi connectivity index (χ0n) is 24.6. The van der Waals surface area contributed by atoms with Crippen molar-refractivity contribution >= 4 is 33.7 Å². The van der Waals surface area contributed by atoms with Crippen LogP contribution in [0.3, 0.4) is 0 Å². The lowest BCUT2D eigenvalue weighted by atomic mass is 9.70. The van der Waals surface area contributed by atoms with E-state index in [1.54, 1.807) is 29.0 Å². The minimum Gasteiger partial charge on any atom is -0.396 e. The Hall–Kier alpha value is -1.71. The summed E-state index contributed by atoms with van der Waals surface area (Å²) in [4.78, 5) is 47.5. The molecule has 3 amide bonds. The number of ether oxygens (including phenoxy) is 1. The number of amides is 3. The molecule has 2 bridgehead atoms. The maximum atomic E-state index is 14.7. The van der Waals surface area contributed by atoms with Crippen molar-refractivity contribution in [3.05, 3.63) is 25.3 Å². The molecule has 3 aliphatic rings. The van der Waals surface area contributed by atoms with Crippen LogP contribution in [-0.4, -0.2) is 98.9 Å². The Morgan fingerprint density at radius 1 is 1.13 bits per heavy atom. The average molecular weight is 611 g/mol. The van der Waals surface area contributed by atoms with E-state index in [0.717, 1.165) is 12.8 Å². The number of carbonyl (C=O) groups is 3. The third-order valence-electron chi connectivity index (χ3n) is 8.42. The zero-order valence-corrected chi connectivity index (χ0v) is 26.2. The summed E-state index contributed by atoms with van der Waals surface area (Å²) in [5, 5.41) is 9.28. The molecule has 1 N–H and O–H groups in total. The molecule has 3 fully saturated rings. The Morgan fingerprint density at radius 2 is 1.77 bits per heavy atom. The number of likely N-dealkylation sites (tertiary alicyclic amines) is 1. The maximum Gasteiger partial charge on any atom is 0.249 e. The summed E-state index contributed by atoms with van der Waals surface area (Å²) in [7, 11) is 1.71. The van der Waals surface area contributed by atoms with Gasteiger partial charge in [0.15, 0.2) is 0 Å². The number of aliphatic hydroxyl groups excluding tert-OH is 1. The molecule has 0 aromatic rings. The van der Waals surface area contributed by atoms with E-state index in [0.29, 0.717) is 38.9 Å². The number of aliphatic hydroxyl groups is 1. The van der Waals surface area contributed by atoms with Crippen molar-refractivity contribution < 1.29 is 24.2 Å². The molecule has 3 aliphatic heterocycles. The molecule has 0 aromatic carbocycles. The summed E-state index contributed by atoms with van der Waals surface area (Å²) in [6.07, 6.45) is 6.17. The zero-order chi connectivity index (χ0) is 29.3. The van der Waals surface area contributed by atoms with Crippen LogP contribution in [0.5, 0.6) is 0 Å². The normalized spacial score (nSPS) is 29.9. The van der Waals surface area contributed by atoms with Gasteiger partial charge in [-0.15, -0.1) is 13.2 Å². The van der Waals surface area contributed by atoms with Gasteiger partial charge < -0.3 is 24.5 Å². The molecule has 3 unspecified atom stereocenters. The van der Waals surface area contributed by atoms with Crippen LogP contribution in [0.15, 0.2) is 25.3 Å². The molecule has 0 radical (unpaired) electrons. The lowest BCUT2D eigenvalue weighted by molar-refractivity contribution is -0.153. The van der Waals surface area contributed by atoms with Crippen molar-refractivity contribution in [2.24, 2.45) is 17.3 Å². The molecule has 3 heterocycles. The first kappa shape index (κ1) is 31.8. The Bertz CT molecular complexity index is 963. The minimum atomic E-state index is -1.09. The fraction of sp³-hybridized carbons (Fsp3) is 0.767. The van der Waals surface area contributed by atoms with Crippen molar-refractivity contribution in [3.63, 3.8) is 0 Å². The number of nitrogens with zero attached hydrogens (tertiary/aromatic N) is 3. The van der Waals surface area contributed by atoms with Gasteiger partial charge in [-0.25, -0.2) is 0 Å². The van der Waals surface area contributed by atoms with Crippen LogP contribution >= 0.6 is 15.9 Å². The summed E-state index contributed by atoms with van der Waals surface area (Å²) < 4.78 is 6.67. The van der Waals surface area contributed by atoms with Crippen LogP contribution in [0.1, 0.15) is 66.7 Å². The Morgan fingerprint density at radius 3 is 2.33 bits per heavy atom. The second-order valence-corrected chi connectivity index (χ2v) is 14.5. The number of fused-ring (bicyclic) bond motifs is 1. The quantitative estimate of drug-likeness (QED) is 0.195. The summed E-state index contributed by atoms with van der Waals surface area (Å²) >= 11 is 3.75.